The molecule has 1 heterocycles. The van der Waals surface area contributed by atoms with E-state index >= 15 is 0 Å². The molecule has 0 radical (unpaired) electrons. The minimum Gasteiger partial charge on any atom is -0.365 e. The number of aryl methyl sites for hydroxylation is 1. The number of sulfone groups is 1. The van der Waals surface area contributed by atoms with Crippen LogP contribution in [0.3, 0.4) is 0 Å². The van der Waals surface area contributed by atoms with Gasteiger partial charge in [0.05, 0.1) is 17.0 Å². The van der Waals surface area contributed by atoms with Gasteiger partial charge in [-0.25, -0.2) is 13.4 Å². The van der Waals surface area contributed by atoms with E-state index in [4.69, 9.17) is 5.73 Å². The molecule has 1 aromatic rings. The summed E-state index contributed by atoms with van der Waals surface area (Å²) in [4.78, 5) is 14.9. The van der Waals surface area contributed by atoms with Crippen molar-refractivity contribution in [3.63, 3.8) is 0 Å². The van der Waals surface area contributed by atoms with Crippen molar-refractivity contribution in [2.45, 2.75) is 6.42 Å². The monoisotopic (exact) mass is 270 g/mol. The first-order chi connectivity index (χ1) is 6.38. The quantitative estimate of drug-likeness (QED) is 0.849. The SMILES string of the molecule is CS(=O)(=O)CCc1ncc(C(N)=O)s1.Cl. The number of halogens is 1. The molecule has 0 fully saturated rings. The third-order valence-electron chi connectivity index (χ3n) is 1.48. The van der Waals surface area contributed by atoms with Crippen molar-refractivity contribution in [1.29, 1.82) is 0 Å². The van der Waals surface area contributed by atoms with E-state index in [1.165, 1.54) is 6.20 Å². The Labute approximate surface area is 98.0 Å². The Hall–Kier alpha value is -0.660. The number of primary amides is 1. The van der Waals surface area contributed by atoms with Crippen LogP contribution in [0.5, 0.6) is 0 Å². The van der Waals surface area contributed by atoms with E-state index in [2.05, 4.69) is 4.98 Å². The molecule has 0 atom stereocenters. The topological polar surface area (TPSA) is 90.1 Å². The molecule has 0 bridgehead atoms. The van der Waals surface area contributed by atoms with Crippen LogP contribution >= 0.6 is 23.7 Å². The van der Waals surface area contributed by atoms with E-state index in [1.807, 2.05) is 0 Å². The summed E-state index contributed by atoms with van der Waals surface area (Å²) in [5.41, 5.74) is 5.02. The lowest BCUT2D eigenvalue weighted by Gasteiger charge is -1.93. The average molecular weight is 271 g/mol. The molecule has 0 aromatic carbocycles. The Morgan fingerprint density at radius 1 is 1.60 bits per heavy atom. The van der Waals surface area contributed by atoms with Crippen molar-refractivity contribution in [3.05, 3.63) is 16.1 Å². The maximum Gasteiger partial charge on any atom is 0.260 e. The molecule has 1 aromatic heterocycles. The van der Waals surface area contributed by atoms with Crippen molar-refractivity contribution >= 4 is 39.5 Å². The normalized spacial score (nSPS) is 10.7. The molecule has 86 valence electrons. The molecular weight excluding hydrogens is 260 g/mol. The van der Waals surface area contributed by atoms with Crippen LogP contribution in [-0.2, 0) is 16.3 Å². The molecule has 0 aliphatic carbocycles. The third kappa shape index (κ3) is 5.10. The van der Waals surface area contributed by atoms with Gasteiger partial charge in [-0.1, -0.05) is 0 Å². The van der Waals surface area contributed by atoms with Crippen LogP contribution in [0.4, 0.5) is 0 Å². The minimum absolute atomic E-state index is 0. The van der Waals surface area contributed by atoms with Crippen molar-refractivity contribution in [2.24, 2.45) is 5.73 Å². The van der Waals surface area contributed by atoms with Crippen LogP contribution in [0.1, 0.15) is 14.7 Å². The molecule has 0 unspecified atom stereocenters. The van der Waals surface area contributed by atoms with E-state index in [-0.39, 0.29) is 18.2 Å². The summed E-state index contributed by atoms with van der Waals surface area (Å²) in [5, 5.41) is 0.615. The highest BCUT2D eigenvalue weighted by atomic mass is 35.5. The summed E-state index contributed by atoms with van der Waals surface area (Å²) in [6, 6.07) is 0. The maximum atomic E-state index is 10.8. The largest absolute Gasteiger partial charge is 0.365 e. The van der Waals surface area contributed by atoms with E-state index in [1.54, 1.807) is 0 Å². The molecule has 0 aliphatic rings. The Morgan fingerprint density at radius 3 is 2.60 bits per heavy atom. The molecule has 5 nitrogen and oxygen atoms in total. The molecule has 8 heteroatoms. The van der Waals surface area contributed by atoms with Crippen LogP contribution in [0.25, 0.3) is 0 Å². The Balaban J connectivity index is 0.00000196. The van der Waals surface area contributed by atoms with Gasteiger partial charge in [0.15, 0.2) is 0 Å². The smallest absolute Gasteiger partial charge is 0.260 e. The predicted octanol–water partition coefficient (Wildman–Crippen LogP) is 0.251. The minimum atomic E-state index is -2.98. The Bertz CT molecular complexity index is 441. The fourth-order valence-electron chi connectivity index (χ4n) is 0.812. The highest BCUT2D eigenvalue weighted by Gasteiger charge is 2.09. The number of carbonyl (C=O) groups excluding carboxylic acids is 1. The molecule has 2 N–H and O–H groups in total. The third-order valence-corrected chi connectivity index (χ3v) is 3.50. The summed E-state index contributed by atoms with van der Waals surface area (Å²) in [6.07, 6.45) is 2.86. The van der Waals surface area contributed by atoms with Gasteiger partial charge in [-0.2, -0.15) is 0 Å². The van der Waals surface area contributed by atoms with Crippen LogP contribution < -0.4 is 5.73 Å². The number of rotatable bonds is 4. The second-order valence-corrected chi connectivity index (χ2v) is 6.24. The zero-order valence-corrected chi connectivity index (χ0v) is 10.4. The van der Waals surface area contributed by atoms with Gasteiger partial charge in [-0.05, 0) is 0 Å². The Morgan fingerprint density at radius 2 is 2.20 bits per heavy atom. The lowest BCUT2D eigenvalue weighted by atomic mass is 10.5. The van der Waals surface area contributed by atoms with E-state index in [9.17, 15) is 13.2 Å². The van der Waals surface area contributed by atoms with Gasteiger partial charge in [0, 0.05) is 12.7 Å². The lowest BCUT2D eigenvalue weighted by molar-refractivity contribution is 0.100. The zero-order chi connectivity index (χ0) is 10.8. The fraction of sp³-hybridized carbons (Fsp3) is 0.429. The summed E-state index contributed by atoms with van der Waals surface area (Å²) in [5.74, 6) is -0.494. The van der Waals surface area contributed by atoms with Crippen molar-refractivity contribution in [1.82, 2.24) is 4.98 Å². The van der Waals surface area contributed by atoms with E-state index in [0.717, 1.165) is 17.6 Å². The number of hydrogen-bond donors (Lipinski definition) is 1. The first-order valence-electron chi connectivity index (χ1n) is 3.81. The number of nitrogens with two attached hydrogens (primary N) is 1. The lowest BCUT2D eigenvalue weighted by Crippen LogP contribution is -2.08. The molecule has 0 saturated carbocycles. The van der Waals surface area contributed by atoms with Gasteiger partial charge >= 0.3 is 0 Å². The summed E-state index contributed by atoms with van der Waals surface area (Å²) < 4.78 is 21.7. The average Bonchev–Trinajstić information content (AvgIpc) is 2.47. The Kier molecular flexibility index (Phi) is 5.19. The molecule has 0 aliphatic heterocycles. The summed E-state index contributed by atoms with van der Waals surface area (Å²) >= 11 is 1.13. The number of aromatic nitrogens is 1. The highest BCUT2D eigenvalue weighted by molar-refractivity contribution is 7.90. The maximum absolute atomic E-state index is 10.8. The van der Waals surface area contributed by atoms with Crippen LogP contribution in [-0.4, -0.2) is 31.3 Å². The van der Waals surface area contributed by atoms with Crippen molar-refractivity contribution < 1.29 is 13.2 Å². The molecule has 0 saturated heterocycles. The first-order valence-corrected chi connectivity index (χ1v) is 6.68. The molecular formula is C7H11ClN2O3S2. The van der Waals surface area contributed by atoms with Gasteiger partial charge in [0.25, 0.3) is 5.91 Å². The van der Waals surface area contributed by atoms with Gasteiger partial charge < -0.3 is 5.73 Å². The fourth-order valence-corrected chi connectivity index (χ4v) is 2.28. The van der Waals surface area contributed by atoms with Crippen molar-refractivity contribution in [2.75, 3.05) is 12.0 Å². The number of nitrogens with zero attached hydrogens (tertiary/aromatic N) is 1. The molecule has 0 spiro atoms. The summed E-state index contributed by atoms with van der Waals surface area (Å²) in [7, 11) is -2.98. The second-order valence-electron chi connectivity index (χ2n) is 2.86. The van der Waals surface area contributed by atoms with Gasteiger partial charge in [-0.3, -0.25) is 4.79 Å². The standard InChI is InChI=1S/C7H10N2O3S2.ClH/c1-14(11,12)3-2-6-9-4-5(13-6)7(8)10;/h4H,2-3H2,1H3,(H2,8,10);1H. The van der Waals surface area contributed by atoms with E-state index in [0.29, 0.717) is 16.3 Å². The van der Waals surface area contributed by atoms with Crippen LogP contribution in [0, 0.1) is 0 Å². The number of carbonyl (C=O) groups is 1. The van der Waals surface area contributed by atoms with E-state index < -0.39 is 15.7 Å². The second kappa shape index (κ2) is 5.43. The number of hydrogen-bond acceptors (Lipinski definition) is 5. The molecule has 1 amide bonds. The summed E-state index contributed by atoms with van der Waals surface area (Å²) in [6.45, 7) is 0. The van der Waals surface area contributed by atoms with Gasteiger partial charge in [-0.15, -0.1) is 23.7 Å². The number of thiazole rings is 1. The first kappa shape index (κ1) is 14.3. The van der Waals surface area contributed by atoms with Gasteiger partial charge in [0.2, 0.25) is 0 Å². The van der Waals surface area contributed by atoms with Crippen LogP contribution in [0.2, 0.25) is 0 Å². The van der Waals surface area contributed by atoms with Gasteiger partial charge in [0.1, 0.15) is 14.7 Å². The predicted molar refractivity (Wildman–Crippen MR) is 61.3 cm³/mol. The highest BCUT2D eigenvalue weighted by Crippen LogP contribution is 2.12. The number of amides is 1. The zero-order valence-electron chi connectivity index (χ0n) is 7.97. The van der Waals surface area contributed by atoms with Crippen molar-refractivity contribution in [3.8, 4) is 0 Å². The molecule has 15 heavy (non-hydrogen) atoms. The van der Waals surface area contributed by atoms with Crippen LogP contribution in [0.15, 0.2) is 6.20 Å². The molecule has 1 rings (SSSR count).